The van der Waals surface area contributed by atoms with Gasteiger partial charge in [-0.05, 0) is 7.05 Å². The van der Waals surface area contributed by atoms with Crippen molar-refractivity contribution in [2.45, 2.75) is 6.29 Å². The van der Waals surface area contributed by atoms with Gasteiger partial charge in [-0.15, -0.1) is 0 Å². The molecule has 0 heterocycles. The molecule has 56 valence electrons. The first-order valence-electron chi connectivity index (χ1n) is 2.66. The number of hydrogen-bond donors (Lipinski definition) is 1. The van der Waals surface area contributed by atoms with Crippen molar-refractivity contribution in [2.24, 2.45) is 0 Å². The van der Waals surface area contributed by atoms with Gasteiger partial charge in [0.1, 0.15) is 0 Å². The lowest BCUT2D eigenvalue weighted by atomic mass is 10.6. The van der Waals surface area contributed by atoms with E-state index >= 15 is 0 Å². The number of hydrogen-bond acceptors (Lipinski definition) is 4. The molecule has 0 spiro atoms. The molecular weight excluding hydrogens is 138 g/mol. The molecule has 0 rings (SSSR count). The molecule has 0 aromatic rings. The summed E-state index contributed by atoms with van der Waals surface area (Å²) in [7, 11) is 5.05. The van der Waals surface area contributed by atoms with E-state index in [2.05, 4.69) is 12.8 Å². The highest BCUT2D eigenvalue weighted by atomic mass is 32.1. The third-order valence-electron chi connectivity index (χ3n) is 0.939. The standard InChI is InChI=1S/C5H13NO2S/c1-6(9)4-5(7-2)8-3/h5,9H,4H2,1-3H3. The summed E-state index contributed by atoms with van der Waals surface area (Å²) in [5, 5.41) is 0. The Labute approximate surface area is 61.5 Å². The van der Waals surface area contributed by atoms with E-state index in [1.807, 2.05) is 7.05 Å². The zero-order valence-electron chi connectivity index (χ0n) is 6.00. The van der Waals surface area contributed by atoms with Crippen molar-refractivity contribution in [2.75, 3.05) is 27.8 Å². The zero-order valence-corrected chi connectivity index (χ0v) is 6.89. The number of rotatable bonds is 4. The van der Waals surface area contributed by atoms with Crippen LogP contribution in [0.2, 0.25) is 0 Å². The minimum absolute atomic E-state index is 0.174. The third-order valence-corrected chi connectivity index (χ3v) is 1.10. The van der Waals surface area contributed by atoms with Crippen LogP contribution in [0.15, 0.2) is 0 Å². The van der Waals surface area contributed by atoms with E-state index in [9.17, 15) is 0 Å². The summed E-state index contributed by atoms with van der Waals surface area (Å²) in [4.78, 5) is 0. The fraction of sp³-hybridized carbons (Fsp3) is 1.00. The van der Waals surface area contributed by atoms with Crippen molar-refractivity contribution >= 4 is 12.8 Å². The van der Waals surface area contributed by atoms with Crippen molar-refractivity contribution in [3.63, 3.8) is 0 Å². The molecule has 0 fully saturated rings. The summed E-state index contributed by atoms with van der Waals surface area (Å²) in [6, 6.07) is 0. The van der Waals surface area contributed by atoms with E-state index in [-0.39, 0.29) is 6.29 Å². The second-order valence-electron chi connectivity index (χ2n) is 1.74. The molecule has 0 aliphatic carbocycles. The monoisotopic (exact) mass is 151 g/mol. The van der Waals surface area contributed by atoms with Crippen LogP contribution in [-0.2, 0) is 9.47 Å². The van der Waals surface area contributed by atoms with E-state index < -0.39 is 0 Å². The molecule has 0 radical (unpaired) electrons. The largest absolute Gasteiger partial charge is 0.355 e. The summed E-state index contributed by atoms with van der Waals surface area (Å²) in [5.74, 6) is 0. The Bertz CT molecular complexity index is 66.0. The molecule has 3 nitrogen and oxygen atoms in total. The highest BCUT2D eigenvalue weighted by molar-refractivity contribution is 7.77. The third kappa shape index (κ3) is 4.72. The number of methoxy groups -OCH3 is 2. The molecule has 0 aliphatic rings. The van der Waals surface area contributed by atoms with Gasteiger partial charge in [0.15, 0.2) is 6.29 Å². The number of likely N-dealkylation sites (N-methyl/N-ethyl adjacent to an activating group) is 1. The highest BCUT2D eigenvalue weighted by Crippen LogP contribution is 1.95. The van der Waals surface area contributed by atoms with Gasteiger partial charge in [-0.2, -0.15) is 0 Å². The molecule has 0 aromatic carbocycles. The van der Waals surface area contributed by atoms with Gasteiger partial charge in [-0.3, -0.25) is 4.31 Å². The van der Waals surface area contributed by atoms with Crippen LogP contribution in [0.4, 0.5) is 0 Å². The lowest BCUT2D eigenvalue weighted by Crippen LogP contribution is -2.25. The topological polar surface area (TPSA) is 21.7 Å². The quantitative estimate of drug-likeness (QED) is 0.464. The van der Waals surface area contributed by atoms with Crippen molar-refractivity contribution in [1.29, 1.82) is 0 Å². The zero-order chi connectivity index (χ0) is 7.28. The Kier molecular flexibility index (Phi) is 5.18. The van der Waals surface area contributed by atoms with Crippen LogP contribution in [0.25, 0.3) is 0 Å². The van der Waals surface area contributed by atoms with Gasteiger partial charge in [0.05, 0.1) is 6.54 Å². The molecule has 0 unspecified atom stereocenters. The second kappa shape index (κ2) is 5.05. The lowest BCUT2D eigenvalue weighted by Gasteiger charge is -2.16. The van der Waals surface area contributed by atoms with Gasteiger partial charge in [0.25, 0.3) is 0 Å². The Morgan fingerprint density at radius 1 is 1.44 bits per heavy atom. The number of nitrogens with zero attached hydrogens (tertiary/aromatic N) is 1. The van der Waals surface area contributed by atoms with Gasteiger partial charge in [0.2, 0.25) is 0 Å². The molecule has 0 atom stereocenters. The average Bonchev–Trinajstić information content (AvgIpc) is 1.82. The Balaban J connectivity index is 3.31. The molecule has 4 heteroatoms. The molecule has 9 heavy (non-hydrogen) atoms. The van der Waals surface area contributed by atoms with Crippen molar-refractivity contribution in [1.82, 2.24) is 4.31 Å². The SMILES string of the molecule is COC(CN(C)S)OC. The van der Waals surface area contributed by atoms with E-state index in [4.69, 9.17) is 9.47 Å². The smallest absolute Gasteiger partial charge is 0.170 e. The molecule has 0 aliphatic heterocycles. The van der Waals surface area contributed by atoms with E-state index in [0.717, 1.165) is 0 Å². The predicted octanol–water partition coefficient (Wildman–Crippen LogP) is 0.382. The summed E-state index contributed by atoms with van der Waals surface area (Å²) in [6.07, 6.45) is -0.174. The predicted molar refractivity (Wildman–Crippen MR) is 39.4 cm³/mol. The first kappa shape index (κ1) is 9.23. The minimum Gasteiger partial charge on any atom is -0.355 e. The van der Waals surface area contributed by atoms with Crippen LogP contribution in [0.1, 0.15) is 0 Å². The maximum Gasteiger partial charge on any atom is 0.170 e. The lowest BCUT2D eigenvalue weighted by molar-refractivity contribution is -0.105. The molecule has 0 bridgehead atoms. The van der Waals surface area contributed by atoms with Crippen molar-refractivity contribution in [3.05, 3.63) is 0 Å². The summed E-state index contributed by atoms with van der Waals surface area (Å²) in [6.45, 7) is 0.663. The van der Waals surface area contributed by atoms with Crippen LogP contribution >= 0.6 is 12.8 Å². The van der Waals surface area contributed by atoms with Gasteiger partial charge in [0, 0.05) is 14.2 Å². The molecule has 0 amide bonds. The van der Waals surface area contributed by atoms with Crippen LogP contribution in [-0.4, -0.2) is 38.4 Å². The van der Waals surface area contributed by atoms with Gasteiger partial charge < -0.3 is 9.47 Å². The van der Waals surface area contributed by atoms with E-state index in [1.165, 1.54) is 0 Å². The molecule has 0 aromatic heterocycles. The Morgan fingerprint density at radius 2 is 1.89 bits per heavy atom. The molecular formula is C5H13NO2S. The molecule has 0 saturated carbocycles. The minimum atomic E-state index is -0.174. The first-order valence-corrected chi connectivity index (χ1v) is 3.06. The summed E-state index contributed by atoms with van der Waals surface area (Å²) < 4.78 is 11.5. The van der Waals surface area contributed by atoms with Gasteiger partial charge in [-0.25, -0.2) is 0 Å². The summed E-state index contributed by atoms with van der Waals surface area (Å²) >= 11 is 4.02. The maximum absolute atomic E-state index is 4.90. The van der Waals surface area contributed by atoms with Crippen molar-refractivity contribution in [3.8, 4) is 0 Å². The van der Waals surface area contributed by atoms with Gasteiger partial charge >= 0.3 is 0 Å². The molecule has 0 N–H and O–H groups in total. The maximum atomic E-state index is 4.90. The Morgan fingerprint density at radius 3 is 2.00 bits per heavy atom. The fourth-order valence-electron chi connectivity index (χ4n) is 0.461. The number of thiol groups is 1. The summed E-state index contributed by atoms with van der Waals surface area (Å²) in [5.41, 5.74) is 0. The van der Waals surface area contributed by atoms with Crippen LogP contribution < -0.4 is 0 Å². The second-order valence-corrected chi connectivity index (χ2v) is 2.42. The van der Waals surface area contributed by atoms with Crippen LogP contribution in [0, 0.1) is 0 Å². The van der Waals surface area contributed by atoms with Crippen molar-refractivity contribution < 1.29 is 9.47 Å². The first-order chi connectivity index (χ1) is 4.20. The Hall–Kier alpha value is 0.230. The van der Waals surface area contributed by atoms with E-state index in [1.54, 1.807) is 18.5 Å². The highest BCUT2D eigenvalue weighted by Gasteiger charge is 2.04. The van der Waals surface area contributed by atoms with E-state index in [0.29, 0.717) is 6.54 Å². The van der Waals surface area contributed by atoms with Gasteiger partial charge in [-0.1, -0.05) is 12.8 Å². The number of ether oxygens (including phenoxy) is 2. The van der Waals surface area contributed by atoms with Crippen LogP contribution in [0.3, 0.4) is 0 Å². The normalized spacial score (nSPS) is 11.3. The average molecular weight is 151 g/mol. The molecule has 0 saturated heterocycles. The fourth-order valence-corrected chi connectivity index (χ4v) is 0.594. The van der Waals surface area contributed by atoms with Crippen LogP contribution in [0.5, 0.6) is 0 Å².